The maximum absolute atomic E-state index is 12.9. The van der Waals surface area contributed by atoms with Gasteiger partial charge in [0.15, 0.2) is 5.13 Å². The molecule has 3 N–H and O–H groups in total. The van der Waals surface area contributed by atoms with Crippen molar-refractivity contribution in [1.29, 1.82) is 0 Å². The molecule has 0 fully saturated rings. The van der Waals surface area contributed by atoms with Crippen molar-refractivity contribution < 1.29 is 9.18 Å². The monoisotopic (exact) mass is 343 g/mol. The molecule has 1 aromatic heterocycles. The zero-order valence-electron chi connectivity index (χ0n) is 10.0. The number of halogens is 2. The number of nitrogens with zero attached hydrogens (tertiary/aromatic N) is 1. The Morgan fingerprint density at radius 2 is 2.32 bits per heavy atom. The Hall–Kier alpha value is -1.47. The summed E-state index contributed by atoms with van der Waals surface area (Å²) in [6.45, 7) is 2.03. The minimum absolute atomic E-state index is 0.233. The van der Waals surface area contributed by atoms with Crippen LogP contribution < -0.4 is 11.1 Å². The maximum Gasteiger partial charge on any atom is 0.263 e. The summed E-state index contributed by atoms with van der Waals surface area (Å²) in [6, 6.07) is 4.33. The summed E-state index contributed by atoms with van der Waals surface area (Å²) in [6.07, 6.45) is 0. The van der Waals surface area contributed by atoms with Crippen molar-refractivity contribution in [2.75, 3.05) is 5.73 Å². The van der Waals surface area contributed by atoms with Crippen molar-refractivity contribution >= 4 is 38.3 Å². The third-order valence-corrected chi connectivity index (χ3v) is 4.20. The number of carbonyl (C=O) groups excluding carboxylic acids is 1. The van der Waals surface area contributed by atoms with Gasteiger partial charge in [0.1, 0.15) is 10.7 Å². The van der Waals surface area contributed by atoms with Crippen molar-refractivity contribution in [2.45, 2.75) is 13.5 Å². The van der Waals surface area contributed by atoms with E-state index >= 15 is 0 Å². The number of hydrogen-bond donors (Lipinski definition) is 2. The van der Waals surface area contributed by atoms with Gasteiger partial charge in [-0.1, -0.05) is 33.3 Å². The lowest BCUT2D eigenvalue weighted by molar-refractivity contribution is 0.0954. The zero-order valence-corrected chi connectivity index (χ0v) is 12.4. The van der Waals surface area contributed by atoms with E-state index < -0.39 is 0 Å². The summed E-state index contributed by atoms with van der Waals surface area (Å²) in [7, 11) is 0. The molecule has 1 heterocycles. The summed E-state index contributed by atoms with van der Waals surface area (Å²) in [4.78, 5) is 16.4. The van der Waals surface area contributed by atoms with E-state index in [0.29, 0.717) is 26.7 Å². The number of anilines is 1. The average molecular weight is 344 g/mol. The fourth-order valence-corrected chi connectivity index (χ4v) is 2.79. The molecular weight excluding hydrogens is 333 g/mol. The smallest absolute Gasteiger partial charge is 0.263 e. The quantitative estimate of drug-likeness (QED) is 0.900. The minimum Gasteiger partial charge on any atom is -0.375 e. The molecule has 4 nitrogen and oxygen atoms in total. The maximum atomic E-state index is 12.9. The molecule has 0 radical (unpaired) electrons. The van der Waals surface area contributed by atoms with Gasteiger partial charge in [-0.05, 0) is 24.6 Å². The van der Waals surface area contributed by atoms with Crippen LogP contribution in [0.1, 0.15) is 20.9 Å². The zero-order chi connectivity index (χ0) is 14.0. The lowest BCUT2D eigenvalue weighted by Gasteiger charge is -2.06. The Kier molecular flexibility index (Phi) is 4.16. The van der Waals surface area contributed by atoms with Gasteiger partial charge in [0.2, 0.25) is 0 Å². The lowest BCUT2D eigenvalue weighted by Crippen LogP contribution is -2.22. The highest BCUT2D eigenvalue weighted by atomic mass is 79.9. The van der Waals surface area contributed by atoms with Crippen LogP contribution in [0.5, 0.6) is 0 Å². The van der Waals surface area contributed by atoms with Crippen LogP contribution in [0.15, 0.2) is 22.7 Å². The van der Waals surface area contributed by atoms with Gasteiger partial charge in [0.25, 0.3) is 5.91 Å². The Morgan fingerprint density at radius 3 is 2.89 bits per heavy atom. The Labute approximate surface area is 122 Å². The minimum atomic E-state index is -0.326. The van der Waals surface area contributed by atoms with E-state index in [1.165, 1.54) is 12.1 Å². The van der Waals surface area contributed by atoms with Gasteiger partial charge in [0, 0.05) is 11.0 Å². The molecular formula is C12H11BrFN3OS. The number of aromatic nitrogens is 1. The second-order valence-electron chi connectivity index (χ2n) is 3.89. The molecule has 2 rings (SSSR count). The first-order valence-corrected chi connectivity index (χ1v) is 7.03. The molecule has 0 aliphatic carbocycles. The molecule has 100 valence electrons. The van der Waals surface area contributed by atoms with Crippen molar-refractivity contribution in [3.05, 3.63) is 44.6 Å². The van der Waals surface area contributed by atoms with Gasteiger partial charge in [-0.25, -0.2) is 9.37 Å². The van der Waals surface area contributed by atoms with Crippen LogP contribution in [0, 0.1) is 12.7 Å². The SMILES string of the molecule is Cc1nc(N)sc1C(=O)NCc1ccc(F)cc1Br. The molecule has 2 aromatic rings. The molecule has 0 bridgehead atoms. The second-order valence-corrected chi connectivity index (χ2v) is 5.77. The van der Waals surface area contributed by atoms with E-state index in [4.69, 9.17) is 5.73 Å². The number of hydrogen-bond acceptors (Lipinski definition) is 4. The molecule has 0 unspecified atom stereocenters. The molecule has 0 atom stereocenters. The molecule has 0 aliphatic heterocycles. The highest BCUT2D eigenvalue weighted by molar-refractivity contribution is 9.10. The summed E-state index contributed by atoms with van der Waals surface area (Å²) < 4.78 is 13.5. The first-order valence-electron chi connectivity index (χ1n) is 5.42. The number of rotatable bonds is 3. The Balaban J connectivity index is 2.06. The van der Waals surface area contributed by atoms with Crippen molar-refractivity contribution in [3.8, 4) is 0 Å². The second kappa shape index (κ2) is 5.66. The fourth-order valence-electron chi connectivity index (χ4n) is 1.55. The third kappa shape index (κ3) is 3.30. The molecule has 7 heteroatoms. The van der Waals surface area contributed by atoms with Gasteiger partial charge in [-0.15, -0.1) is 0 Å². The molecule has 0 saturated carbocycles. The number of aryl methyl sites for hydroxylation is 1. The first-order chi connectivity index (χ1) is 8.97. The van der Waals surface area contributed by atoms with E-state index in [1.54, 1.807) is 13.0 Å². The van der Waals surface area contributed by atoms with Gasteiger partial charge < -0.3 is 11.1 Å². The molecule has 0 spiro atoms. The molecule has 0 aliphatic rings. The topological polar surface area (TPSA) is 68.0 Å². The van der Waals surface area contributed by atoms with Crippen molar-refractivity contribution in [1.82, 2.24) is 10.3 Å². The number of amides is 1. The van der Waals surface area contributed by atoms with Crippen molar-refractivity contribution in [3.63, 3.8) is 0 Å². The predicted octanol–water partition coefficient (Wildman–Crippen LogP) is 2.87. The lowest BCUT2D eigenvalue weighted by atomic mass is 10.2. The van der Waals surface area contributed by atoms with E-state index in [1.807, 2.05) is 0 Å². The Morgan fingerprint density at radius 1 is 1.58 bits per heavy atom. The first kappa shape index (κ1) is 14.0. The van der Waals surface area contributed by atoms with Gasteiger partial charge >= 0.3 is 0 Å². The van der Waals surface area contributed by atoms with Crippen molar-refractivity contribution in [2.24, 2.45) is 0 Å². The summed E-state index contributed by atoms with van der Waals surface area (Å²) in [5.41, 5.74) is 6.95. The summed E-state index contributed by atoms with van der Waals surface area (Å²) in [5.74, 6) is -0.559. The highest BCUT2D eigenvalue weighted by Gasteiger charge is 2.14. The largest absolute Gasteiger partial charge is 0.375 e. The van der Waals surface area contributed by atoms with Crippen LogP contribution >= 0.6 is 27.3 Å². The van der Waals surface area contributed by atoms with Gasteiger partial charge in [-0.2, -0.15) is 0 Å². The van der Waals surface area contributed by atoms with Crippen LogP contribution in [-0.4, -0.2) is 10.9 Å². The molecule has 1 aromatic carbocycles. The van der Waals surface area contributed by atoms with E-state index in [2.05, 4.69) is 26.2 Å². The van der Waals surface area contributed by atoms with Crippen LogP contribution in [0.3, 0.4) is 0 Å². The number of nitrogen functional groups attached to an aromatic ring is 1. The number of nitrogens with one attached hydrogen (secondary N) is 1. The van der Waals surface area contributed by atoms with E-state index in [9.17, 15) is 9.18 Å². The van der Waals surface area contributed by atoms with Crippen LogP contribution in [0.25, 0.3) is 0 Å². The van der Waals surface area contributed by atoms with Crippen LogP contribution in [0.4, 0.5) is 9.52 Å². The molecule has 0 saturated heterocycles. The molecule has 1 amide bonds. The number of benzene rings is 1. The summed E-state index contributed by atoms with van der Waals surface area (Å²) in [5, 5.41) is 3.12. The molecule has 19 heavy (non-hydrogen) atoms. The van der Waals surface area contributed by atoms with Crippen LogP contribution in [-0.2, 0) is 6.54 Å². The normalized spacial score (nSPS) is 10.5. The van der Waals surface area contributed by atoms with E-state index in [0.717, 1.165) is 16.9 Å². The average Bonchev–Trinajstić information content (AvgIpc) is 2.67. The third-order valence-electron chi connectivity index (χ3n) is 2.47. The van der Waals surface area contributed by atoms with Gasteiger partial charge in [-0.3, -0.25) is 4.79 Å². The van der Waals surface area contributed by atoms with E-state index in [-0.39, 0.29) is 11.7 Å². The van der Waals surface area contributed by atoms with Crippen LogP contribution in [0.2, 0.25) is 0 Å². The fraction of sp³-hybridized carbons (Fsp3) is 0.167. The van der Waals surface area contributed by atoms with Gasteiger partial charge in [0.05, 0.1) is 5.69 Å². The predicted molar refractivity (Wildman–Crippen MR) is 76.5 cm³/mol. The Bertz CT molecular complexity index is 629. The number of carbonyl (C=O) groups is 1. The standard InChI is InChI=1S/C12H11BrFN3OS/c1-6-10(19-12(15)17-6)11(18)16-5-7-2-3-8(14)4-9(7)13/h2-4H,5H2,1H3,(H2,15,17)(H,16,18). The summed E-state index contributed by atoms with van der Waals surface area (Å²) >= 11 is 4.40. The number of nitrogens with two attached hydrogens (primary N) is 1. The number of thiazole rings is 1. The highest BCUT2D eigenvalue weighted by Crippen LogP contribution is 2.21.